The van der Waals surface area contributed by atoms with Crippen LogP contribution >= 0.6 is 11.3 Å². The molecule has 8 heteroatoms. The molecule has 35 heavy (non-hydrogen) atoms. The van der Waals surface area contributed by atoms with Crippen molar-refractivity contribution in [2.24, 2.45) is 0 Å². The number of nitrogens with one attached hydrogen (secondary N) is 1. The molecule has 0 radical (unpaired) electrons. The Morgan fingerprint density at radius 3 is 2.74 bits per heavy atom. The lowest BCUT2D eigenvalue weighted by Crippen LogP contribution is -2.32. The number of nitriles is 1. The van der Waals surface area contributed by atoms with Gasteiger partial charge in [0.15, 0.2) is 5.13 Å². The van der Waals surface area contributed by atoms with Crippen LogP contribution in [0.1, 0.15) is 55.6 Å². The number of thiazole rings is 1. The number of anilines is 2. The van der Waals surface area contributed by atoms with Gasteiger partial charge in [0, 0.05) is 41.0 Å². The van der Waals surface area contributed by atoms with Gasteiger partial charge in [0.05, 0.1) is 24.7 Å². The van der Waals surface area contributed by atoms with Crippen LogP contribution < -0.4 is 10.1 Å². The topological polar surface area (TPSA) is 79.0 Å². The number of methoxy groups -OCH3 is 1. The SMILES string of the molecule is COc1ccc2c(c1)c(CN1CCC(c3csc(Nc4ccc(C#N)nc4)n3)CC1)cn2C(C)C. The molecular weight excluding hydrogens is 456 g/mol. The van der Waals surface area contributed by atoms with Crippen LogP contribution in [0.4, 0.5) is 10.8 Å². The monoisotopic (exact) mass is 486 g/mol. The van der Waals surface area contributed by atoms with E-state index in [4.69, 9.17) is 15.0 Å². The minimum atomic E-state index is 0.412. The fraction of sp³-hybridized carbons (Fsp3) is 0.370. The summed E-state index contributed by atoms with van der Waals surface area (Å²) in [5, 5.41) is 16.5. The molecule has 7 nitrogen and oxygen atoms in total. The highest BCUT2D eigenvalue weighted by atomic mass is 32.1. The Kier molecular flexibility index (Phi) is 6.71. The van der Waals surface area contributed by atoms with Gasteiger partial charge < -0.3 is 14.6 Å². The van der Waals surface area contributed by atoms with Gasteiger partial charge >= 0.3 is 0 Å². The number of ether oxygens (including phenoxy) is 1. The van der Waals surface area contributed by atoms with Crippen molar-refractivity contribution >= 4 is 33.1 Å². The molecule has 180 valence electrons. The molecule has 5 rings (SSSR count). The molecule has 0 bridgehead atoms. The maximum atomic E-state index is 8.91. The van der Waals surface area contributed by atoms with Crippen molar-refractivity contribution in [3.63, 3.8) is 0 Å². The Bertz CT molecular complexity index is 1340. The molecule has 1 N–H and O–H groups in total. The number of aromatic nitrogens is 3. The van der Waals surface area contributed by atoms with Crippen molar-refractivity contribution in [1.82, 2.24) is 19.4 Å². The number of nitrogens with zero attached hydrogens (tertiary/aromatic N) is 5. The zero-order valence-corrected chi connectivity index (χ0v) is 21.2. The standard InChI is InChI=1S/C27H30N6OS/c1-18(2)33-16-20(24-12-23(34-3)6-7-26(24)33)15-32-10-8-19(9-11-32)25-17-35-27(31-25)30-22-5-4-21(13-28)29-14-22/h4-7,12,14,16-19H,8-11,15H2,1-3H3,(H,30,31). The lowest BCUT2D eigenvalue weighted by molar-refractivity contribution is 0.204. The van der Waals surface area contributed by atoms with Crippen LogP contribution in [0.3, 0.4) is 0 Å². The first-order valence-corrected chi connectivity index (χ1v) is 12.9. The number of rotatable bonds is 7. The van der Waals surface area contributed by atoms with Crippen molar-refractivity contribution in [2.75, 3.05) is 25.5 Å². The zero-order valence-electron chi connectivity index (χ0n) is 20.4. The zero-order chi connectivity index (χ0) is 24.4. The first kappa shape index (κ1) is 23.3. The fourth-order valence-electron chi connectivity index (χ4n) is 4.80. The predicted molar refractivity (Wildman–Crippen MR) is 140 cm³/mol. The number of hydrogen-bond donors (Lipinski definition) is 1. The molecular formula is C27H30N6OS. The van der Waals surface area contributed by atoms with Crippen molar-refractivity contribution in [1.29, 1.82) is 5.26 Å². The van der Waals surface area contributed by atoms with Crippen LogP contribution in [0.5, 0.6) is 5.75 Å². The van der Waals surface area contributed by atoms with Crippen LogP contribution in [0.25, 0.3) is 10.9 Å². The third-order valence-corrected chi connectivity index (χ3v) is 7.51. The third kappa shape index (κ3) is 5.02. The maximum absolute atomic E-state index is 8.91. The van der Waals surface area contributed by atoms with E-state index in [9.17, 15) is 0 Å². The maximum Gasteiger partial charge on any atom is 0.187 e. The quantitative estimate of drug-likeness (QED) is 0.341. The van der Waals surface area contributed by atoms with E-state index in [-0.39, 0.29) is 0 Å². The Balaban J connectivity index is 1.23. The van der Waals surface area contributed by atoms with Gasteiger partial charge in [-0.05, 0) is 75.7 Å². The summed E-state index contributed by atoms with van der Waals surface area (Å²) >= 11 is 1.62. The lowest BCUT2D eigenvalue weighted by atomic mass is 9.94. The van der Waals surface area contributed by atoms with Gasteiger partial charge in [0.25, 0.3) is 0 Å². The van der Waals surface area contributed by atoms with Crippen molar-refractivity contribution in [3.05, 3.63) is 65.1 Å². The highest BCUT2D eigenvalue weighted by Crippen LogP contribution is 2.34. The number of piperidine rings is 1. The average Bonchev–Trinajstić information content (AvgIpc) is 3.49. The summed E-state index contributed by atoms with van der Waals surface area (Å²) in [4.78, 5) is 11.5. The number of likely N-dealkylation sites (tertiary alicyclic amines) is 1. The molecule has 1 fully saturated rings. The van der Waals surface area contributed by atoms with Crippen molar-refractivity contribution in [3.8, 4) is 11.8 Å². The van der Waals surface area contributed by atoms with Gasteiger partial charge in [0.1, 0.15) is 17.5 Å². The molecule has 0 amide bonds. The summed E-state index contributed by atoms with van der Waals surface area (Å²) < 4.78 is 7.86. The van der Waals surface area contributed by atoms with Gasteiger partial charge in [-0.1, -0.05) is 0 Å². The van der Waals surface area contributed by atoms with Crippen LogP contribution in [-0.4, -0.2) is 39.6 Å². The molecule has 4 heterocycles. The average molecular weight is 487 g/mol. The second-order valence-electron chi connectivity index (χ2n) is 9.34. The Morgan fingerprint density at radius 1 is 1.23 bits per heavy atom. The van der Waals surface area contributed by atoms with Gasteiger partial charge in [-0.2, -0.15) is 5.26 Å². The van der Waals surface area contributed by atoms with E-state index in [1.807, 2.05) is 18.2 Å². The van der Waals surface area contributed by atoms with E-state index >= 15 is 0 Å². The van der Waals surface area contributed by atoms with Crippen LogP contribution in [-0.2, 0) is 6.54 Å². The van der Waals surface area contributed by atoms with Crippen molar-refractivity contribution < 1.29 is 4.74 Å². The van der Waals surface area contributed by atoms with E-state index in [1.165, 1.54) is 22.2 Å². The lowest BCUT2D eigenvalue weighted by Gasteiger charge is -2.31. The highest BCUT2D eigenvalue weighted by Gasteiger charge is 2.24. The smallest absolute Gasteiger partial charge is 0.187 e. The normalized spacial score (nSPS) is 14.9. The molecule has 1 aliphatic heterocycles. The largest absolute Gasteiger partial charge is 0.497 e. The first-order valence-electron chi connectivity index (χ1n) is 12.0. The minimum absolute atomic E-state index is 0.412. The summed E-state index contributed by atoms with van der Waals surface area (Å²) in [6, 6.07) is 12.4. The molecule has 0 saturated carbocycles. The number of benzene rings is 1. The Morgan fingerprint density at radius 2 is 2.06 bits per heavy atom. The number of fused-ring (bicyclic) bond motifs is 1. The fourth-order valence-corrected chi connectivity index (χ4v) is 5.61. The van der Waals surface area contributed by atoms with Gasteiger partial charge in [-0.15, -0.1) is 11.3 Å². The van der Waals surface area contributed by atoms with E-state index in [0.29, 0.717) is 17.7 Å². The summed E-state index contributed by atoms with van der Waals surface area (Å²) in [5.74, 6) is 1.39. The van der Waals surface area contributed by atoms with Crippen LogP contribution in [0.2, 0.25) is 0 Å². The molecule has 1 aromatic carbocycles. The van der Waals surface area contributed by atoms with E-state index in [0.717, 1.165) is 49.0 Å². The summed E-state index contributed by atoms with van der Waals surface area (Å²) in [6.07, 6.45) is 6.20. The third-order valence-electron chi connectivity index (χ3n) is 6.73. The van der Waals surface area contributed by atoms with E-state index in [2.05, 4.69) is 57.3 Å². The summed E-state index contributed by atoms with van der Waals surface area (Å²) in [6.45, 7) is 7.53. The second kappa shape index (κ2) is 10.1. The summed E-state index contributed by atoms with van der Waals surface area (Å²) in [5.41, 5.74) is 5.06. The predicted octanol–water partition coefficient (Wildman–Crippen LogP) is 6.08. The molecule has 0 atom stereocenters. The minimum Gasteiger partial charge on any atom is -0.497 e. The molecule has 0 aliphatic carbocycles. The Labute approximate surface area is 210 Å². The molecule has 0 spiro atoms. The number of pyridine rings is 1. The summed E-state index contributed by atoms with van der Waals surface area (Å²) in [7, 11) is 1.73. The molecule has 1 saturated heterocycles. The van der Waals surface area contributed by atoms with Gasteiger partial charge in [0.2, 0.25) is 0 Å². The van der Waals surface area contributed by atoms with Gasteiger partial charge in [-0.25, -0.2) is 9.97 Å². The van der Waals surface area contributed by atoms with Crippen LogP contribution in [0, 0.1) is 11.3 Å². The van der Waals surface area contributed by atoms with Crippen molar-refractivity contribution in [2.45, 2.75) is 45.2 Å². The van der Waals surface area contributed by atoms with E-state index in [1.54, 1.807) is 30.7 Å². The molecule has 0 unspecified atom stereocenters. The van der Waals surface area contributed by atoms with Crippen LogP contribution in [0.15, 0.2) is 48.1 Å². The Hall–Kier alpha value is -3.41. The number of hydrogen-bond acceptors (Lipinski definition) is 7. The molecule has 3 aromatic heterocycles. The molecule has 4 aromatic rings. The highest BCUT2D eigenvalue weighted by molar-refractivity contribution is 7.13. The second-order valence-corrected chi connectivity index (χ2v) is 10.2. The van der Waals surface area contributed by atoms with E-state index < -0.39 is 0 Å². The molecule has 1 aliphatic rings. The van der Waals surface area contributed by atoms with Gasteiger partial charge in [-0.3, -0.25) is 4.90 Å². The first-order chi connectivity index (χ1) is 17.0.